The lowest BCUT2D eigenvalue weighted by atomic mass is 9.99. The molecule has 94 valence electrons. The average molecular weight is 296 g/mol. The molecule has 1 unspecified atom stereocenters. The van der Waals surface area contributed by atoms with Crippen molar-refractivity contribution in [1.29, 1.82) is 0 Å². The highest BCUT2D eigenvalue weighted by molar-refractivity contribution is 9.10. The number of hydrogen-bond acceptors (Lipinski definition) is 1. The summed E-state index contributed by atoms with van der Waals surface area (Å²) in [6.07, 6.45) is 5.57. The molecule has 1 aromatic rings. The summed E-state index contributed by atoms with van der Waals surface area (Å²) < 4.78 is 1.21. The van der Waals surface area contributed by atoms with Crippen LogP contribution in [0.2, 0.25) is 0 Å². The van der Waals surface area contributed by atoms with Crippen molar-refractivity contribution >= 4 is 15.9 Å². The molecule has 0 spiro atoms. The number of hydrogen-bond donors (Lipinski definition) is 1. The molecule has 1 aromatic carbocycles. The van der Waals surface area contributed by atoms with Gasteiger partial charge in [-0.3, -0.25) is 0 Å². The molecule has 17 heavy (non-hydrogen) atoms. The number of benzene rings is 1. The Bertz CT molecular complexity index is 371. The molecule has 2 heteroatoms. The van der Waals surface area contributed by atoms with Gasteiger partial charge in [0.1, 0.15) is 0 Å². The van der Waals surface area contributed by atoms with Gasteiger partial charge < -0.3 is 5.32 Å². The van der Waals surface area contributed by atoms with Gasteiger partial charge in [-0.1, -0.05) is 47.8 Å². The fourth-order valence-corrected chi connectivity index (χ4v) is 2.57. The van der Waals surface area contributed by atoms with Crippen molar-refractivity contribution < 1.29 is 0 Å². The molecule has 2 rings (SSSR count). The Morgan fingerprint density at radius 3 is 2.76 bits per heavy atom. The van der Waals surface area contributed by atoms with Crippen molar-refractivity contribution in [3.63, 3.8) is 0 Å². The lowest BCUT2D eigenvalue weighted by Crippen LogP contribution is -2.21. The monoisotopic (exact) mass is 295 g/mol. The molecule has 0 saturated heterocycles. The summed E-state index contributed by atoms with van der Waals surface area (Å²) in [5, 5.41) is 3.61. The van der Waals surface area contributed by atoms with Gasteiger partial charge in [-0.15, -0.1) is 0 Å². The molecule has 1 aliphatic carbocycles. The maximum absolute atomic E-state index is 3.61. The molecule has 0 amide bonds. The molecule has 0 aliphatic heterocycles. The van der Waals surface area contributed by atoms with Crippen LogP contribution in [0, 0.1) is 12.8 Å². The van der Waals surface area contributed by atoms with Gasteiger partial charge in [-0.25, -0.2) is 0 Å². The van der Waals surface area contributed by atoms with Crippen LogP contribution >= 0.6 is 15.9 Å². The third-order valence-corrected chi connectivity index (χ3v) is 4.49. The first-order chi connectivity index (χ1) is 8.20. The smallest absolute Gasteiger partial charge is 0.0320 e. The minimum atomic E-state index is 0.535. The Balaban J connectivity index is 2.03. The molecule has 0 bridgehead atoms. The normalized spacial score (nSPS) is 17.1. The van der Waals surface area contributed by atoms with Gasteiger partial charge in [0.15, 0.2) is 0 Å². The minimum Gasteiger partial charge on any atom is -0.310 e. The summed E-state index contributed by atoms with van der Waals surface area (Å²) in [4.78, 5) is 0. The molecular weight excluding hydrogens is 274 g/mol. The standard InChI is InChI=1S/C15H22BrN/c1-3-17-15(9-6-12-4-5-12)13-7-8-14(16)11(2)10-13/h7-8,10,12,15,17H,3-6,9H2,1-2H3. The van der Waals surface area contributed by atoms with Crippen molar-refractivity contribution in [3.05, 3.63) is 33.8 Å². The van der Waals surface area contributed by atoms with Crippen LogP contribution in [0.3, 0.4) is 0 Å². The summed E-state index contributed by atoms with van der Waals surface area (Å²) in [5.74, 6) is 1.02. The molecular formula is C15H22BrN. The zero-order valence-electron chi connectivity index (χ0n) is 10.8. The lowest BCUT2D eigenvalue weighted by molar-refractivity contribution is 0.481. The molecule has 1 N–H and O–H groups in total. The van der Waals surface area contributed by atoms with E-state index in [-0.39, 0.29) is 0 Å². The van der Waals surface area contributed by atoms with E-state index in [1.165, 1.54) is 41.3 Å². The van der Waals surface area contributed by atoms with Gasteiger partial charge in [0.05, 0.1) is 0 Å². The summed E-state index contributed by atoms with van der Waals surface area (Å²) >= 11 is 3.57. The van der Waals surface area contributed by atoms with Gasteiger partial charge in [0.25, 0.3) is 0 Å². The van der Waals surface area contributed by atoms with E-state index < -0.39 is 0 Å². The molecule has 0 radical (unpaired) electrons. The maximum atomic E-state index is 3.61. The van der Waals surface area contributed by atoms with Gasteiger partial charge >= 0.3 is 0 Å². The fraction of sp³-hybridized carbons (Fsp3) is 0.600. The van der Waals surface area contributed by atoms with Crippen LogP contribution in [0.5, 0.6) is 0 Å². The van der Waals surface area contributed by atoms with Crippen molar-refractivity contribution in [1.82, 2.24) is 5.32 Å². The molecule has 0 heterocycles. The first-order valence-electron chi connectivity index (χ1n) is 6.70. The van der Waals surface area contributed by atoms with Crippen molar-refractivity contribution in [2.45, 2.75) is 45.6 Å². The van der Waals surface area contributed by atoms with Crippen LogP contribution in [-0.4, -0.2) is 6.54 Å². The lowest BCUT2D eigenvalue weighted by Gasteiger charge is -2.19. The van der Waals surface area contributed by atoms with Crippen molar-refractivity contribution in [2.75, 3.05) is 6.54 Å². The highest BCUT2D eigenvalue weighted by Gasteiger charge is 2.22. The van der Waals surface area contributed by atoms with E-state index in [0.717, 1.165) is 12.5 Å². The van der Waals surface area contributed by atoms with E-state index in [1.54, 1.807) is 0 Å². The molecule has 1 fully saturated rings. The van der Waals surface area contributed by atoms with Crippen molar-refractivity contribution in [2.24, 2.45) is 5.92 Å². The van der Waals surface area contributed by atoms with Gasteiger partial charge in [0.2, 0.25) is 0 Å². The molecule has 1 aliphatic rings. The topological polar surface area (TPSA) is 12.0 Å². The molecule has 1 nitrogen and oxygen atoms in total. The Morgan fingerprint density at radius 1 is 1.41 bits per heavy atom. The highest BCUT2D eigenvalue weighted by atomic mass is 79.9. The Hall–Kier alpha value is -0.340. The zero-order valence-corrected chi connectivity index (χ0v) is 12.4. The van der Waals surface area contributed by atoms with Crippen LogP contribution in [-0.2, 0) is 0 Å². The number of halogens is 1. The average Bonchev–Trinajstić information content (AvgIpc) is 3.12. The maximum Gasteiger partial charge on any atom is 0.0320 e. The fourth-order valence-electron chi connectivity index (χ4n) is 2.33. The second kappa shape index (κ2) is 6.01. The van der Waals surface area contributed by atoms with Crippen LogP contribution in [0.4, 0.5) is 0 Å². The Kier molecular flexibility index (Phi) is 4.63. The van der Waals surface area contributed by atoms with E-state index in [2.05, 4.69) is 53.3 Å². The van der Waals surface area contributed by atoms with E-state index in [0.29, 0.717) is 6.04 Å². The number of rotatable bonds is 6. The number of nitrogens with one attached hydrogen (secondary N) is 1. The zero-order chi connectivity index (χ0) is 12.3. The minimum absolute atomic E-state index is 0.535. The summed E-state index contributed by atoms with van der Waals surface area (Å²) in [6.45, 7) is 5.40. The van der Waals surface area contributed by atoms with E-state index in [9.17, 15) is 0 Å². The summed E-state index contributed by atoms with van der Waals surface area (Å²) in [5.41, 5.74) is 2.77. The van der Waals surface area contributed by atoms with Gasteiger partial charge in [-0.2, -0.15) is 0 Å². The first-order valence-corrected chi connectivity index (χ1v) is 7.49. The first kappa shape index (κ1) is 13.1. The van der Waals surface area contributed by atoms with E-state index >= 15 is 0 Å². The van der Waals surface area contributed by atoms with Crippen LogP contribution in [0.15, 0.2) is 22.7 Å². The molecule has 1 atom stereocenters. The third-order valence-electron chi connectivity index (χ3n) is 3.60. The summed E-state index contributed by atoms with van der Waals surface area (Å²) in [7, 11) is 0. The predicted octanol–water partition coefficient (Wildman–Crippen LogP) is 4.60. The highest BCUT2D eigenvalue weighted by Crippen LogP contribution is 2.36. The van der Waals surface area contributed by atoms with Crippen LogP contribution in [0.25, 0.3) is 0 Å². The largest absolute Gasteiger partial charge is 0.310 e. The van der Waals surface area contributed by atoms with E-state index in [1.807, 2.05) is 0 Å². The Morgan fingerprint density at radius 2 is 2.18 bits per heavy atom. The SMILES string of the molecule is CCNC(CCC1CC1)c1ccc(Br)c(C)c1. The second-order valence-electron chi connectivity index (χ2n) is 5.14. The summed E-state index contributed by atoms with van der Waals surface area (Å²) in [6, 6.07) is 7.26. The Labute approximate surface area is 113 Å². The third kappa shape index (κ3) is 3.82. The molecule has 0 aromatic heterocycles. The molecule has 1 saturated carbocycles. The van der Waals surface area contributed by atoms with E-state index in [4.69, 9.17) is 0 Å². The van der Waals surface area contributed by atoms with Crippen LogP contribution in [0.1, 0.15) is 49.8 Å². The van der Waals surface area contributed by atoms with Crippen molar-refractivity contribution in [3.8, 4) is 0 Å². The van der Waals surface area contributed by atoms with Crippen LogP contribution < -0.4 is 5.32 Å². The predicted molar refractivity (Wildman–Crippen MR) is 77.3 cm³/mol. The number of aryl methyl sites for hydroxylation is 1. The van der Waals surface area contributed by atoms with Gasteiger partial charge in [-0.05, 0) is 49.4 Å². The van der Waals surface area contributed by atoms with Gasteiger partial charge in [0, 0.05) is 10.5 Å². The quantitative estimate of drug-likeness (QED) is 0.809. The second-order valence-corrected chi connectivity index (χ2v) is 5.99.